The zero-order valence-corrected chi connectivity index (χ0v) is 19.8. The number of nitrogens with zero attached hydrogens (tertiary/aromatic N) is 3. The van der Waals surface area contributed by atoms with Gasteiger partial charge in [-0.2, -0.15) is 0 Å². The van der Waals surface area contributed by atoms with Crippen LogP contribution in [-0.2, 0) is 6.54 Å². The fourth-order valence-corrected chi connectivity index (χ4v) is 3.50. The van der Waals surface area contributed by atoms with Crippen LogP contribution in [0.1, 0.15) is 70.2 Å². The van der Waals surface area contributed by atoms with Crippen LogP contribution >= 0.6 is 24.0 Å². The number of hydrogen-bond donors (Lipinski definition) is 2. The van der Waals surface area contributed by atoms with Gasteiger partial charge in [-0.25, -0.2) is 0 Å². The van der Waals surface area contributed by atoms with Gasteiger partial charge in [0.2, 0.25) is 0 Å². The van der Waals surface area contributed by atoms with Crippen molar-refractivity contribution in [1.82, 2.24) is 20.7 Å². The molecule has 156 valence electrons. The van der Waals surface area contributed by atoms with Gasteiger partial charge in [-0.3, -0.25) is 4.99 Å². The number of likely N-dealkylation sites (tertiary alicyclic amines) is 1. The predicted molar refractivity (Wildman–Crippen MR) is 123 cm³/mol. The summed E-state index contributed by atoms with van der Waals surface area (Å²) in [6, 6.07) is 2.06. The van der Waals surface area contributed by atoms with E-state index in [9.17, 15) is 0 Å². The third-order valence-corrected chi connectivity index (χ3v) is 5.45. The molecule has 2 rings (SSSR count). The molecular formula is C20H38IN5O. The number of piperidine rings is 1. The second kappa shape index (κ2) is 13.4. The van der Waals surface area contributed by atoms with Gasteiger partial charge in [-0.05, 0) is 57.7 Å². The SMILES string of the molecule is CCC(CC)c1cc(CNC(=NC)NCCCN2CCC(C)CC2)on1.I. The fraction of sp³-hybridized carbons (Fsp3) is 0.800. The van der Waals surface area contributed by atoms with Crippen LogP contribution in [0.25, 0.3) is 0 Å². The molecule has 27 heavy (non-hydrogen) atoms. The Bertz CT molecular complexity index is 536. The molecule has 0 unspecified atom stereocenters. The summed E-state index contributed by atoms with van der Waals surface area (Å²) < 4.78 is 5.46. The Morgan fingerprint density at radius 3 is 2.63 bits per heavy atom. The van der Waals surface area contributed by atoms with Crippen molar-refractivity contribution in [3.05, 3.63) is 17.5 Å². The van der Waals surface area contributed by atoms with Gasteiger partial charge in [0.15, 0.2) is 11.7 Å². The lowest BCUT2D eigenvalue weighted by atomic mass is 9.99. The molecule has 1 aromatic rings. The molecule has 1 aromatic heterocycles. The molecular weight excluding hydrogens is 453 g/mol. The van der Waals surface area contributed by atoms with Crippen molar-refractivity contribution in [1.29, 1.82) is 0 Å². The van der Waals surface area contributed by atoms with Crippen LogP contribution in [-0.4, -0.2) is 49.2 Å². The normalized spacial score (nSPS) is 16.4. The van der Waals surface area contributed by atoms with E-state index in [2.05, 4.69) is 52.5 Å². The van der Waals surface area contributed by atoms with Crippen LogP contribution in [0, 0.1) is 5.92 Å². The molecule has 0 aromatic carbocycles. The minimum atomic E-state index is 0. The second-order valence-corrected chi connectivity index (χ2v) is 7.46. The summed E-state index contributed by atoms with van der Waals surface area (Å²) in [5.41, 5.74) is 1.06. The quantitative estimate of drug-likeness (QED) is 0.237. The largest absolute Gasteiger partial charge is 0.359 e. The number of halogens is 1. The average Bonchev–Trinajstić information content (AvgIpc) is 3.12. The Morgan fingerprint density at radius 2 is 2.00 bits per heavy atom. The summed E-state index contributed by atoms with van der Waals surface area (Å²) in [7, 11) is 1.80. The first-order valence-electron chi connectivity index (χ1n) is 10.3. The second-order valence-electron chi connectivity index (χ2n) is 7.46. The monoisotopic (exact) mass is 491 g/mol. The first-order chi connectivity index (χ1) is 12.7. The van der Waals surface area contributed by atoms with E-state index in [4.69, 9.17) is 4.52 Å². The third-order valence-electron chi connectivity index (χ3n) is 5.45. The van der Waals surface area contributed by atoms with Crippen LogP contribution in [0.4, 0.5) is 0 Å². The van der Waals surface area contributed by atoms with Crippen molar-refractivity contribution in [2.75, 3.05) is 33.2 Å². The first-order valence-corrected chi connectivity index (χ1v) is 10.3. The number of nitrogens with one attached hydrogen (secondary N) is 2. The van der Waals surface area contributed by atoms with Crippen LogP contribution in [0.2, 0.25) is 0 Å². The number of hydrogen-bond acceptors (Lipinski definition) is 4. The number of aliphatic imine (C=N–C) groups is 1. The predicted octanol–water partition coefficient (Wildman–Crippen LogP) is 3.98. The van der Waals surface area contributed by atoms with Gasteiger partial charge >= 0.3 is 0 Å². The summed E-state index contributed by atoms with van der Waals surface area (Å²) in [4.78, 5) is 6.87. The highest BCUT2D eigenvalue weighted by Gasteiger charge is 2.15. The lowest BCUT2D eigenvalue weighted by Crippen LogP contribution is -2.39. The van der Waals surface area contributed by atoms with E-state index in [0.29, 0.717) is 12.5 Å². The van der Waals surface area contributed by atoms with Crippen LogP contribution < -0.4 is 10.6 Å². The van der Waals surface area contributed by atoms with Crippen LogP contribution in [0.5, 0.6) is 0 Å². The van der Waals surface area contributed by atoms with Crippen molar-refractivity contribution >= 4 is 29.9 Å². The topological polar surface area (TPSA) is 65.7 Å². The van der Waals surface area contributed by atoms with E-state index >= 15 is 0 Å². The maximum atomic E-state index is 5.46. The van der Waals surface area contributed by atoms with Crippen molar-refractivity contribution in [2.45, 2.75) is 65.3 Å². The fourth-order valence-electron chi connectivity index (χ4n) is 3.50. The molecule has 2 heterocycles. The molecule has 0 bridgehead atoms. The summed E-state index contributed by atoms with van der Waals surface area (Å²) in [5, 5.41) is 10.9. The van der Waals surface area contributed by atoms with Crippen molar-refractivity contribution < 1.29 is 4.52 Å². The molecule has 0 aliphatic carbocycles. The van der Waals surface area contributed by atoms with Gasteiger partial charge in [0.1, 0.15) is 0 Å². The van der Waals surface area contributed by atoms with Crippen LogP contribution in [0.15, 0.2) is 15.6 Å². The summed E-state index contributed by atoms with van der Waals surface area (Å²) in [6.07, 6.45) is 6.00. The maximum absolute atomic E-state index is 5.46. The molecule has 1 fully saturated rings. The zero-order valence-electron chi connectivity index (χ0n) is 17.5. The van der Waals surface area contributed by atoms with E-state index in [1.165, 1.54) is 25.9 Å². The van der Waals surface area contributed by atoms with Gasteiger partial charge in [0, 0.05) is 25.6 Å². The smallest absolute Gasteiger partial charge is 0.191 e. The molecule has 0 saturated carbocycles. The number of guanidine groups is 1. The van der Waals surface area contributed by atoms with Gasteiger partial charge in [0.05, 0.1) is 12.2 Å². The molecule has 6 nitrogen and oxygen atoms in total. The van der Waals surface area contributed by atoms with E-state index < -0.39 is 0 Å². The minimum absolute atomic E-state index is 0. The standard InChI is InChI=1S/C20H37N5O.HI/c1-5-17(6-2)19-14-18(26-24-19)15-23-20(21-4)22-10-7-11-25-12-8-16(3)9-13-25;/h14,16-17H,5-13,15H2,1-4H3,(H2,21,22,23);1H. The summed E-state index contributed by atoms with van der Waals surface area (Å²) in [5.74, 6) is 3.06. The Labute approximate surface area is 181 Å². The Morgan fingerprint density at radius 1 is 1.30 bits per heavy atom. The third kappa shape index (κ3) is 8.37. The van der Waals surface area contributed by atoms with Crippen molar-refractivity contribution in [3.8, 4) is 0 Å². The van der Waals surface area contributed by atoms with Gasteiger partial charge in [-0.1, -0.05) is 25.9 Å². The molecule has 0 spiro atoms. The molecule has 7 heteroatoms. The zero-order chi connectivity index (χ0) is 18.8. The Kier molecular flexibility index (Phi) is 12.0. The molecule has 1 saturated heterocycles. The maximum Gasteiger partial charge on any atom is 0.191 e. The molecule has 0 radical (unpaired) electrons. The Balaban J connectivity index is 0.00000364. The van der Waals surface area contributed by atoms with Crippen molar-refractivity contribution in [2.24, 2.45) is 10.9 Å². The number of rotatable bonds is 9. The first kappa shape index (κ1) is 24.2. The van der Waals surface area contributed by atoms with E-state index in [1.54, 1.807) is 7.05 Å². The summed E-state index contributed by atoms with van der Waals surface area (Å²) >= 11 is 0. The highest BCUT2D eigenvalue weighted by Crippen LogP contribution is 2.22. The molecule has 1 aliphatic heterocycles. The van der Waals surface area contributed by atoms with Crippen LogP contribution in [0.3, 0.4) is 0 Å². The lowest BCUT2D eigenvalue weighted by Gasteiger charge is -2.30. The lowest BCUT2D eigenvalue weighted by molar-refractivity contribution is 0.191. The molecule has 0 amide bonds. The highest BCUT2D eigenvalue weighted by molar-refractivity contribution is 14.0. The number of aromatic nitrogens is 1. The average molecular weight is 491 g/mol. The molecule has 0 atom stereocenters. The summed E-state index contributed by atoms with van der Waals surface area (Å²) in [6.45, 7) is 11.9. The van der Waals surface area contributed by atoms with E-state index in [0.717, 1.165) is 55.7 Å². The van der Waals surface area contributed by atoms with E-state index in [1.807, 2.05) is 0 Å². The molecule has 1 aliphatic rings. The van der Waals surface area contributed by atoms with Gasteiger partial charge in [0.25, 0.3) is 0 Å². The van der Waals surface area contributed by atoms with Gasteiger partial charge in [-0.15, -0.1) is 24.0 Å². The Hall–Kier alpha value is -0.830. The van der Waals surface area contributed by atoms with Gasteiger partial charge < -0.3 is 20.1 Å². The van der Waals surface area contributed by atoms with Crippen molar-refractivity contribution in [3.63, 3.8) is 0 Å². The van der Waals surface area contributed by atoms with E-state index in [-0.39, 0.29) is 24.0 Å². The minimum Gasteiger partial charge on any atom is -0.359 e. The highest BCUT2D eigenvalue weighted by atomic mass is 127. The molecule has 2 N–H and O–H groups in total.